The Kier molecular flexibility index (Phi) is 5.83. The summed E-state index contributed by atoms with van der Waals surface area (Å²) >= 11 is 3.17. The Morgan fingerprint density at radius 1 is 1.09 bits per heavy atom. The third-order valence-corrected chi connectivity index (χ3v) is 4.66. The lowest BCUT2D eigenvalue weighted by Crippen LogP contribution is -2.50. The lowest BCUT2D eigenvalue weighted by Gasteiger charge is -2.28. The first-order valence-corrected chi connectivity index (χ1v) is 7.69. The largest absolute Gasteiger partial charge is 0.468 e. The van der Waals surface area contributed by atoms with E-state index in [0.29, 0.717) is 13.0 Å². The van der Waals surface area contributed by atoms with E-state index in [1.54, 1.807) is 20.8 Å². The fourth-order valence-electron chi connectivity index (χ4n) is 2.29. The smallest absolute Gasteiger partial charge is 0.410 e. The number of alkyl halides is 1. The quantitative estimate of drug-likeness (QED) is 0.321. The van der Waals surface area contributed by atoms with Crippen LogP contribution in [0.4, 0.5) is 4.79 Å². The topological polar surface area (TPSA) is 82.1 Å². The summed E-state index contributed by atoms with van der Waals surface area (Å²) in [4.78, 5) is 37.6. The van der Waals surface area contributed by atoms with Gasteiger partial charge in [-0.3, -0.25) is 0 Å². The molecule has 126 valence electrons. The Morgan fingerprint density at radius 3 is 2.00 bits per heavy atom. The first-order chi connectivity index (χ1) is 10.1. The maximum atomic E-state index is 12.1. The minimum absolute atomic E-state index is 0.199. The highest BCUT2D eigenvalue weighted by Gasteiger charge is 2.55. The van der Waals surface area contributed by atoms with Gasteiger partial charge in [-0.1, -0.05) is 15.9 Å². The third kappa shape index (κ3) is 3.91. The summed E-state index contributed by atoms with van der Waals surface area (Å²) in [7, 11) is 2.39. The van der Waals surface area contributed by atoms with Crippen molar-refractivity contribution in [2.75, 3.05) is 27.3 Å². The zero-order valence-corrected chi connectivity index (χ0v) is 15.1. The number of methoxy groups -OCH3 is 2. The van der Waals surface area contributed by atoms with Crippen LogP contribution in [-0.2, 0) is 23.8 Å². The van der Waals surface area contributed by atoms with E-state index in [-0.39, 0.29) is 6.54 Å². The molecule has 0 aromatic carbocycles. The standard InChI is InChI=1S/C14H22BrNO6/c1-13(2,3)22-12(19)16-7-6-9(8-16)14(15,10(17)20-4)11(18)21-5/h9H,6-8H2,1-5H3/t9-/m0/s1. The van der Waals surface area contributed by atoms with Crippen molar-refractivity contribution >= 4 is 34.0 Å². The summed E-state index contributed by atoms with van der Waals surface area (Å²) in [5.74, 6) is -1.94. The van der Waals surface area contributed by atoms with Gasteiger partial charge in [-0.05, 0) is 27.2 Å². The zero-order chi connectivity index (χ0) is 17.1. The molecule has 8 heteroatoms. The average Bonchev–Trinajstić information content (AvgIpc) is 2.93. The van der Waals surface area contributed by atoms with E-state index in [1.807, 2.05) is 0 Å². The second-order valence-electron chi connectivity index (χ2n) is 6.11. The SMILES string of the molecule is COC(=O)C(Br)(C(=O)OC)[C@H]1CCN(C(=O)OC(C)(C)C)C1. The van der Waals surface area contributed by atoms with Gasteiger partial charge in [0.15, 0.2) is 0 Å². The Bertz CT molecular complexity index is 443. The number of carbonyl (C=O) groups is 3. The molecule has 0 unspecified atom stereocenters. The van der Waals surface area contributed by atoms with Crippen LogP contribution in [0.1, 0.15) is 27.2 Å². The van der Waals surface area contributed by atoms with E-state index in [1.165, 1.54) is 19.1 Å². The summed E-state index contributed by atoms with van der Waals surface area (Å²) < 4.78 is 13.1. The molecule has 1 aliphatic heterocycles. The van der Waals surface area contributed by atoms with Crippen LogP contribution in [-0.4, -0.2) is 60.2 Å². The van der Waals surface area contributed by atoms with Crippen molar-refractivity contribution in [1.29, 1.82) is 0 Å². The second kappa shape index (κ2) is 6.85. The Balaban J connectivity index is 2.88. The van der Waals surface area contributed by atoms with Crippen molar-refractivity contribution in [3.63, 3.8) is 0 Å². The van der Waals surface area contributed by atoms with Gasteiger partial charge in [-0.15, -0.1) is 0 Å². The molecule has 1 fully saturated rings. The van der Waals surface area contributed by atoms with Crippen LogP contribution in [0.3, 0.4) is 0 Å². The molecule has 7 nitrogen and oxygen atoms in total. The molecule has 0 aromatic heterocycles. The van der Waals surface area contributed by atoms with Crippen molar-refractivity contribution in [2.24, 2.45) is 5.92 Å². The van der Waals surface area contributed by atoms with Gasteiger partial charge in [0.25, 0.3) is 0 Å². The fraction of sp³-hybridized carbons (Fsp3) is 0.786. The van der Waals surface area contributed by atoms with Gasteiger partial charge in [0.2, 0.25) is 4.32 Å². The van der Waals surface area contributed by atoms with Gasteiger partial charge >= 0.3 is 18.0 Å². The Labute approximate surface area is 138 Å². The molecule has 1 amide bonds. The molecule has 0 radical (unpaired) electrons. The highest BCUT2D eigenvalue weighted by Crippen LogP contribution is 2.37. The third-order valence-electron chi connectivity index (χ3n) is 3.37. The molecule has 1 atom stereocenters. The van der Waals surface area contributed by atoms with Crippen LogP contribution in [0.15, 0.2) is 0 Å². The number of carbonyl (C=O) groups excluding carboxylic acids is 3. The lowest BCUT2D eigenvalue weighted by atomic mass is 9.91. The number of esters is 2. The van der Waals surface area contributed by atoms with Gasteiger partial charge in [0.05, 0.1) is 14.2 Å². The van der Waals surface area contributed by atoms with Crippen LogP contribution < -0.4 is 0 Å². The number of hydrogen-bond acceptors (Lipinski definition) is 6. The zero-order valence-electron chi connectivity index (χ0n) is 13.5. The van der Waals surface area contributed by atoms with Crippen LogP contribution in [0.25, 0.3) is 0 Å². The summed E-state index contributed by atoms with van der Waals surface area (Å²) in [6.45, 7) is 5.91. The highest BCUT2D eigenvalue weighted by atomic mass is 79.9. The van der Waals surface area contributed by atoms with Gasteiger partial charge in [0.1, 0.15) is 5.60 Å². The number of amides is 1. The monoisotopic (exact) mass is 379 g/mol. The van der Waals surface area contributed by atoms with Crippen LogP contribution in [0.2, 0.25) is 0 Å². The number of ether oxygens (including phenoxy) is 3. The first kappa shape index (κ1) is 18.7. The van der Waals surface area contributed by atoms with E-state index in [4.69, 9.17) is 14.2 Å². The molecule has 0 bridgehead atoms. The Hall–Kier alpha value is -1.31. The van der Waals surface area contributed by atoms with Crippen molar-refractivity contribution in [3.8, 4) is 0 Å². The number of halogens is 1. The minimum atomic E-state index is -1.62. The molecule has 0 aromatic rings. The molecule has 0 spiro atoms. The van der Waals surface area contributed by atoms with Crippen molar-refractivity contribution in [3.05, 3.63) is 0 Å². The number of hydrogen-bond donors (Lipinski definition) is 0. The molecule has 0 saturated carbocycles. The number of likely N-dealkylation sites (tertiary alicyclic amines) is 1. The summed E-state index contributed by atoms with van der Waals surface area (Å²) in [6.07, 6.45) is -0.0195. The molecule has 0 aliphatic carbocycles. The number of rotatable bonds is 3. The molecule has 1 aliphatic rings. The maximum absolute atomic E-state index is 12.1. The van der Waals surface area contributed by atoms with E-state index < -0.39 is 33.9 Å². The van der Waals surface area contributed by atoms with Crippen LogP contribution in [0.5, 0.6) is 0 Å². The summed E-state index contributed by atoms with van der Waals surface area (Å²) in [5.41, 5.74) is -0.606. The van der Waals surface area contributed by atoms with Crippen molar-refractivity contribution < 1.29 is 28.6 Å². The number of nitrogens with zero attached hydrogens (tertiary/aromatic N) is 1. The molecular formula is C14H22BrNO6. The average molecular weight is 380 g/mol. The van der Waals surface area contributed by atoms with E-state index >= 15 is 0 Å². The van der Waals surface area contributed by atoms with Crippen molar-refractivity contribution in [2.45, 2.75) is 37.1 Å². The van der Waals surface area contributed by atoms with Gasteiger partial charge in [-0.25, -0.2) is 14.4 Å². The van der Waals surface area contributed by atoms with Crippen LogP contribution in [0, 0.1) is 5.92 Å². The second-order valence-corrected chi connectivity index (χ2v) is 7.36. The molecular weight excluding hydrogens is 358 g/mol. The van der Waals surface area contributed by atoms with E-state index in [9.17, 15) is 14.4 Å². The van der Waals surface area contributed by atoms with Gasteiger partial charge < -0.3 is 19.1 Å². The predicted molar refractivity (Wildman–Crippen MR) is 81.6 cm³/mol. The van der Waals surface area contributed by atoms with E-state index in [2.05, 4.69) is 15.9 Å². The normalized spacial score (nSPS) is 18.8. The summed E-state index contributed by atoms with van der Waals surface area (Å²) in [6, 6.07) is 0. The first-order valence-electron chi connectivity index (χ1n) is 6.90. The minimum Gasteiger partial charge on any atom is -0.468 e. The Morgan fingerprint density at radius 2 is 1.59 bits per heavy atom. The molecule has 1 saturated heterocycles. The van der Waals surface area contributed by atoms with Gasteiger partial charge in [0, 0.05) is 19.0 Å². The highest BCUT2D eigenvalue weighted by molar-refractivity contribution is 9.10. The molecule has 1 rings (SSSR count). The van der Waals surface area contributed by atoms with E-state index in [0.717, 1.165) is 0 Å². The molecule has 0 N–H and O–H groups in total. The fourth-order valence-corrected chi connectivity index (χ4v) is 2.99. The summed E-state index contributed by atoms with van der Waals surface area (Å²) in [5, 5.41) is 0. The van der Waals surface area contributed by atoms with Gasteiger partial charge in [-0.2, -0.15) is 0 Å². The molecule has 22 heavy (non-hydrogen) atoms. The maximum Gasteiger partial charge on any atom is 0.410 e. The molecule has 1 heterocycles. The predicted octanol–water partition coefficient (Wildman–Crippen LogP) is 1.72. The van der Waals surface area contributed by atoms with Crippen LogP contribution >= 0.6 is 15.9 Å². The lowest BCUT2D eigenvalue weighted by molar-refractivity contribution is -0.157. The van der Waals surface area contributed by atoms with Crippen molar-refractivity contribution in [1.82, 2.24) is 4.90 Å².